The van der Waals surface area contributed by atoms with Gasteiger partial charge in [0.2, 0.25) is 5.75 Å². The monoisotopic (exact) mass is 434 g/mol. The molecule has 166 valence electrons. The fourth-order valence-corrected chi connectivity index (χ4v) is 3.89. The number of nitrogens with zero attached hydrogens (tertiary/aromatic N) is 3. The van der Waals surface area contributed by atoms with Crippen LogP contribution in [0.15, 0.2) is 42.5 Å². The molecule has 0 saturated heterocycles. The lowest BCUT2D eigenvalue weighted by atomic mass is 10.1. The summed E-state index contributed by atoms with van der Waals surface area (Å²) < 4.78 is 24.0. The molecule has 0 aliphatic heterocycles. The first-order valence-corrected chi connectivity index (χ1v) is 10.1. The van der Waals surface area contributed by atoms with Crippen molar-refractivity contribution in [2.45, 2.75) is 13.8 Å². The molecule has 2 aromatic carbocycles. The van der Waals surface area contributed by atoms with Crippen molar-refractivity contribution in [3.63, 3.8) is 0 Å². The number of methoxy groups -OCH3 is 4. The van der Waals surface area contributed by atoms with Gasteiger partial charge in [0.15, 0.2) is 11.5 Å². The highest BCUT2D eigenvalue weighted by Gasteiger charge is 2.20. The maximum absolute atomic E-state index is 5.55. The molecule has 2 aromatic heterocycles. The molecule has 0 atom stereocenters. The van der Waals surface area contributed by atoms with Crippen molar-refractivity contribution in [3.8, 4) is 51.3 Å². The van der Waals surface area contributed by atoms with Crippen LogP contribution in [0.4, 0.5) is 0 Å². The molecule has 4 rings (SSSR count). The van der Waals surface area contributed by atoms with Crippen LogP contribution < -0.4 is 18.9 Å². The second-order valence-electron chi connectivity index (χ2n) is 7.18. The summed E-state index contributed by atoms with van der Waals surface area (Å²) in [6, 6.07) is 13.6. The second-order valence-corrected chi connectivity index (χ2v) is 7.18. The average molecular weight is 434 g/mol. The van der Waals surface area contributed by atoms with Gasteiger partial charge in [0.25, 0.3) is 0 Å². The average Bonchev–Trinajstić information content (AvgIpc) is 3.42. The number of para-hydroxylation sites is 2. The lowest BCUT2D eigenvalue weighted by molar-refractivity contribution is 0.324. The number of imidazole rings is 1. The number of aromatic nitrogens is 4. The predicted molar refractivity (Wildman–Crippen MR) is 122 cm³/mol. The van der Waals surface area contributed by atoms with E-state index in [0.717, 1.165) is 45.6 Å². The molecule has 8 heteroatoms. The minimum Gasteiger partial charge on any atom is -0.495 e. The molecule has 4 aromatic rings. The third kappa shape index (κ3) is 3.53. The SMILES string of the molecule is COc1ccccc1-n1c(C)nc(-c2cc(-c3cc(OC)c(OC)c(OC)c3)n[nH]2)c1C. The summed E-state index contributed by atoms with van der Waals surface area (Å²) in [5, 5.41) is 7.62. The van der Waals surface area contributed by atoms with Crippen LogP contribution in [0.3, 0.4) is 0 Å². The molecular formula is C24H26N4O4. The van der Waals surface area contributed by atoms with Crippen molar-refractivity contribution < 1.29 is 18.9 Å². The van der Waals surface area contributed by atoms with Crippen LogP contribution in [0, 0.1) is 13.8 Å². The summed E-state index contributed by atoms with van der Waals surface area (Å²) in [5.41, 5.74) is 5.12. The third-order valence-electron chi connectivity index (χ3n) is 5.39. The maximum atomic E-state index is 5.55. The molecule has 0 saturated carbocycles. The molecule has 8 nitrogen and oxygen atoms in total. The molecular weight excluding hydrogens is 408 g/mol. The number of ether oxygens (including phenoxy) is 4. The summed E-state index contributed by atoms with van der Waals surface area (Å²) in [6.07, 6.45) is 0. The minimum atomic E-state index is 0.538. The Bertz CT molecular complexity index is 1230. The zero-order valence-corrected chi connectivity index (χ0v) is 19.0. The van der Waals surface area contributed by atoms with Crippen LogP contribution >= 0.6 is 0 Å². The lowest BCUT2D eigenvalue weighted by Crippen LogP contribution is -2.02. The van der Waals surface area contributed by atoms with E-state index < -0.39 is 0 Å². The maximum Gasteiger partial charge on any atom is 0.203 e. The number of H-pyrrole nitrogens is 1. The van der Waals surface area contributed by atoms with E-state index in [0.29, 0.717) is 17.2 Å². The first-order chi connectivity index (χ1) is 15.5. The summed E-state index contributed by atoms with van der Waals surface area (Å²) in [4.78, 5) is 4.80. The predicted octanol–water partition coefficient (Wildman–Crippen LogP) is 4.58. The molecule has 0 amide bonds. The Hall–Kier alpha value is -3.94. The molecule has 1 N–H and O–H groups in total. The van der Waals surface area contributed by atoms with Crippen LogP contribution in [0.1, 0.15) is 11.5 Å². The second kappa shape index (κ2) is 8.66. The van der Waals surface area contributed by atoms with E-state index in [-0.39, 0.29) is 0 Å². The van der Waals surface area contributed by atoms with Gasteiger partial charge in [-0.3, -0.25) is 9.67 Å². The Balaban J connectivity index is 1.77. The number of hydrogen-bond acceptors (Lipinski definition) is 6. The van der Waals surface area contributed by atoms with E-state index in [1.54, 1.807) is 28.4 Å². The number of benzene rings is 2. The molecule has 0 unspecified atom stereocenters. The van der Waals surface area contributed by atoms with Gasteiger partial charge in [-0.15, -0.1) is 0 Å². The van der Waals surface area contributed by atoms with Crippen molar-refractivity contribution >= 4 is 0 Å². The third-order valence-corrected chi connectivity index (χ3v) is 5.39. The van der Waals surface area contributed by atoms with Crippen LogP contribution in [0.2, 0.25) is 0 Å². The van der Waals surface area contributed by atoms with Crippen molar-refractivity contribution in [1.82, 2.24) is 19.7 Å². The largest absolute Gasteiger partial charge is 0.495 e. The van der Waals surface area contributed by atoms with E-state index in [1.165, 1.54) is 0 Å². The number of nitrogens with one attached hydrogen (secondary N) is 1. The Morgan fingerprint density at radius 1 is 0.812 bits per heavy atom. The van der Waals surface area contributed by atoms with E-state index in [2.05, 4.69) is 14.8 Å². The van der Waals surface area contributed by atoms with Crippen LogP contribution in [-0.2, 0) is 0 Å². The van der Waals surface area contributed by atoms with Gasteiger partial charge in [0.05, 0.1) is 45.5 Å². The standard InChI is InChI=1S/C24H26N4O4/c1-14-23(25-15(2)28(14)19-9-7-8-10-20(19)29-3)18-13-17(26-27-18)16-11-21(30-4)24(32-6)22(12-16)31-5/h7-13H,1-6H3,(H,26,27). The van der Waals surface area contributed by atoms with E-state index in [9.17, 15) is 0 Å². The normalized spacial score (nSPS) is 10.8. The molecule has 2 heterocycles. The Morgan fingerprint density at radius 3 is 2.09 bits per heavy atom. The van der Waals surface area contributed by atoms with Crippen molar-refractivity contribution in [2.24, 2.45) is 0 Å². The summed E-state index contributed by atoms with van der Waals surface area (Å²) in [6.45, 7) is 4.00. The molecule has 32 heavy (non-hydrogen) atoms. The fourth-order valence-electron chi connectivity index (χ4n) is 3.89. The number of aromatic amines is 1. The smallest absolute Gasteiger partial charge is 0.203 e. The van der Waals surface area contributed by atoms with Gasteiger partial charge in [0.1, 0.15) is 17.3 Å². The first-order valence-electron chi connectivity index (χ1n) is 10.1. The van der Waals surface area contributed by atoms with E-state index in [4.69, 9.17) is 23.9 Å². The van der Waals surface area contributed by atoms with Crippen LogP contribution in [0.25, 0.3) is 28.3 Å². The highest BCUT2D eigenvalue weighted by Crippen LogP contribution is 2.41. The van der Waals surface area contributed by atoms with Gasteiger partial charge >= 0.3 is 0 Å². The number of hydrogen-bond donors (Lipinski definition) is 1. The molecule has 0 radical (unpaired) electrons. The van der Waals surface area contributed by atoms with Crippen molar-refractivity contribution in [3.05, 3.63) is 54.0 Å². The van der Waals surface area contributed by atoms with Gasteiger partial charge in [-0.25, -0.2) is 4.98 Å². The Labute approximate surface area is 186 Å². The highest BCUT2D eigenvalue weighted by molar-refractivity contribution is 5.72. The molecule has 0 aliphatic carbocycles. The van der Waals surface area contributed by atoms with Crippen LogP contribution in [-0.4, -0.2) is 48.2 Å². The first kappa shape index (κ1) is 21.3. The van der Waals surface area contributed by atoms with Crippen molar-refractivity contribution in [2.75, 3.05) is 28.4 Å². The van der Waals surface area contributed by atoms with E-state index in [1.807, 2.05) is 56.3 Å². The van der Waals surface area contributed by atoms with Crippen molar-refractivity contribution in [1.29, 1.82) is 0 Å². The van der Waals surface area contributed by atoms with Gasteiger partial charge < -0.3 is 18.9 Å². The molecule has 0 aliphatic rings. The fraction of sp³-hybridized carbons (Fsp3) is 0.250. The summed E-state index contributed by atoms with van der Waals surface area (Å²) in [7, 11) is 6.43. The topological polar surface area (TPSA) is 83.4 Å². The van der Waals surface area contributed by atoms with Gasteiger partial charge in [-0.2, -0.15) is 5.10 Å². The Kier molecular flexibility index (Phi) is 5.77. The summed E-state index contributed by atoms with van der Waals surface area (Å²) >= 11 is 0. The van der Waals surface area contributed by atoms with Gasteiger partial charge in [0, 0.05) is 11.3 Å². The Morgan fingerprint density at radius 2 is 1.47 bits per heavy atom. The van der Waals surface area contributed by atoms with Gasteiger partial charge in [-0.1, -0.05) is 12.1 Å². The minimum absolute atomic E-state index is 0.538. The highest BCUT2D eigenvalue weighted by atomic mass is 16.5. The van der Waals surface area contributed by atoms with Crippen LogP contribution in [0.5, 0.6) is 23.0 Å². The zero-order chi connectivity index (χ0) is 22.8. The molecule has 0 spiro atoms. The lowest BCUT2D eigenvalue weighted by Gasteiger charge is -2.13. The zero-order valence-electron chi connectivity index (χ0n) is 19.0. The van der Waals surface area contributed by atoms with Gasteiger partial charge in [-0.05, 0) is 44.2 Å². The molecule has 0 fully saturated rings. The summed E-state index contributed by atoms with van der Waals surface area (Å²) in [5.74, 6) is 3.31. The quantitative estimate of drug-likeness (QED) is 0.458. The number of rotatable bonds is 7. The van der Waals surface area contributed by atoms with E-state index >= 15 is 0 Å². The number of aryl methyl sites for hydroxylation is 1. The molecule has 0 bridgehead atoms.